The van der Waals surface area contributed by atoms with E-state index in [9.17, 15) is 27.6 Å². The van der Waals surface area contributed by atoms with Gasteiger partial charge in [0.25, 0.3) is 11.8 Å². The molecule has 0 unspecified atom stereocenters. The maximum absolute atomic E-state index is 12.4. The highest BCUT2D eigenvalue weighted by Crippen LogP contribution is 2.22. The third-order valence-electron chi connectivity index (χ3n) is 4.53. The van der Waals surface area contributed by atoms with E-state index in [4.69, 9.17) is 0 Å². The van der Waals surface area contributed by atoms with Gasteiger partial charge in [-0.2, -0.15) is 13.2 Å². The molecular formula is C22H17F3N2O3. The molecule has 5 nitrogen and oxygen atoms in total. The summed E-state index contributed by atoms with van der Waals surface area (Å²) in [7, 11) is 1.09. The van der Waals surface area contributed by atoms with Crippen LogP contribution in [0.5, 0.6) is 0 Å². The van der Waals surface area contributed by atoms with Crippen LogP contribution in [0.15, 0.2) is 48.5 Å². The van der Waals surface area contributed by atoms with Crippen molar-refractivity contribution in [3.63, 3.8) is 0 Å². The fourth-order valence-electron chi connectivity index (χ4n) is 3.03. The lowest BCUT2D eigenvalue weighted by Gasteiger charge is -2.18. The van der Waals surface area contributed by atoms with E-state index in [0.29, 0.717) is 27.2 Å². The molecule has 30 heavy (non-hydrogen) atoms. The molecule has 1 aliphatic rings. The van der Waals surface area contributed by atoms with E-state index >= 15 is 0 Å². The second-order valence-corrected chi connectivity index (χ2v) is 6.72. The Hall–Kier alpha value is -3.60. The number of nitrogens with zero attached hydrogens (tertiary/aromatic N) is 2. The number of fused-ring (bicyclic) bond motifs is 1. The normalized spacial score (nSPS) is 13.0. The molecule has 0 saturated heterocycles. The highest BCUT2D eigenvalue weighted by Gasteiger charge is 2.41. The summed E-state index contributed by atoms with van der Waals surface area (Å²) in [6.07, 6.45) is -4.62. The van der Waals surface area contributed by atoms with Gasteiger partial charge < -0.3 is 4.90 Å². The van der Waals surface area contributed by atoms with Crippen LogP contribution in [0, 0.1) is 11.8 Å². The van der Waals surface area contributed by atoms with E-state index in [-0.39, 0.29) is 31.3 Å². The van der Waals surface area contributed by atoms with E-state index in [0.717, 1.165) is 11.9 Å². The highest BCUT2D eigenvalue weighted by molar-refractivity contribution is 6.21. The molecule has 0 bridgehead atoms. The molecule has 0 N–H and O–H groups in total. The molecule has 0 aliphatic carbocycles. The predicted molar refractivity (Wildman–Crippen MR) is 102 cm³/mol. The standard InChI is InChI=1S/C22H17F3N2O3/c1-26(21(30)22(23,24)25)14-16-11-9-15(10-12-16)6-4-5-13-27-19(28)17-7-2-3-8-18(17)20(27)29/h2-3,7-12H,5,13-14H2,1H3. The van der Waals surface area contributed by atoms with E-state index < -0.39 is 12.1 Å². The number of amides is 3. The minimum atomic E-state index is -4.90. The molecule has 2 aromatic carbocycles. The first-order valence-electron chi connectivity index (χ1n) is 9.04. The molecule has 0 saturated carbocycles. The van der Waals surface area contributed by atoms with Gasteiger partial charge in [-0.3, -0.25) is 19.3 Å². The van der Waals surface area contributed by atoms with Gasteiger partial charge >= 0.3 is 12.1 Å². The van der Waals surface area contributed by atoms with E-state index in [1.165, 1.54) is 0 Å². The van der Waals surface area contributed by atoms with Crippen molar-refractivity contribution in [1.82, 2.24) is 9.80 Å². The number of hydrogen-bond acceptors (Lipinski definition) is 3. The second-order valence-electron chi connectivity index (χ2n) is 6.72. The molecule has 154 valence electrons. The van der Waals surface area contributed by atoms with Crippen molar-refractivity contribution in [3.8, 4) is 11.8 Å². The number of benzene rings is 2. The zero-order valence-electron chi connectivity index (χ0n) is 16.0. The van der Waals surface area contributed by atoms with Crippen LogP contribution in [0.4, 0.5) is 13.2 Å². The molecule has 0 aromatic heterocycles. The van der Waals surface area contributed by atoms with E-state index in [1.807, 2.05) is 0 Å². The van der Waals surface area contributed by atoms with Crippen LogP contribution in [0.25, 0.3) is 0 Å². The average Bonchev–Trinajstić information content (AvgIpc) is 2.96. The average molecular weight is 414 g/mol. The van der Waals surface area contributed by atoms with Crippen molar-refractivity contribution >= 4 is 17.7 Å². The van der Waals surface area contributed by atoms with Gasteiger partial charge in [-0.05, 0) is 29.8 Å². The summed E-state index contributed by atoms with van der Waals surface area (Å²) in [5.41, 5.74) is 1.94. The first-order chi connectivity index (χ1) is 14.2. The van der Waals surface area contributed by atoms with Gasteiger partial charge in [-0.1, -0.05) is 36.1 Å². The summed E-state index contributed by atoms with van der Waals surface area (Å²) in [6.45, 7) is -0.00638. The molecule has 3 amide bonds. The largest absolute Gasteiger partial charge is 0.471 e. The number of carbonyl (C=O) groups is 3. The first-order valence-corrected chi connectivity index (χ1v) is 9.04. The third-order valence-corrected chi connectivity index (χ3v) is 4.53. The van der Waals surface area contributed by atoms with Crippen molar-refractivity contribution in [2.24, 2.45) is 0 Å². The fraction of sp³-hybridized carbons (Fsp3) is 0.227. The first kappa shape index (κ1) is 21.1. The molecule has 1 heterocycles. The van der Waals surface area contributed by atoms with Crippen molar-refractivity contribution in [2.75, 3.05) is 13.6 Å². The third kappa shape index (κ3) is 4.51. The number of imide groups is 1. The monoisotopic (exact) mass is 414 g/mol. The maximum atomic E-state index is 12.4. The molecule has 3 rings (SSSR count). The van der Waals surface area contributed by atoms with Crippen molar-refractivity contribution in [1.29, 1.82) is 0 Å². The van der Waals surface area contributed by atoms with Gasteiger partial charge in [0.05, 0.1) is 11.1 Å². The Morgan fingerprint density at radius 2 is 1.57 bits per heavy atom. The Morgan fingerprint density at radius 3 is 2.10 bits per heavy atom. The summed E-state index contributed by atoms with van der Waals surface area (Å²) >= 11 is 0. The quantitative estimate of drug-likeness (QED) is 0.570. The van der Waals surface area contributed by atoms with Crippen molar-refractivity contribution in [2.45, 2.75) is 19.1 Å². The molecule has 0 spiro atoms. The van der Waals surface area contributed by atoms with Crippen molar-refractivity contribution < 1.29 is 27.6 Å². The highest BCUT2D eigenvalue weighted by atomic mass is 19.4. The minimum Gasteiger partial charge on any atom is -0.334 e. The number of hydrogen-bond donors (Lipinski definition) is 0. The summed E-state index contributed by atoms with van der Waals surface area (Å²) in [4.78, 5) is 37.5. The zero-order chi connectivity index (χ0) is 21.9. The summed E-state index contributed by atoms with van der Waals surface area (Å²) in [5.74, 6) is 3.20. The van der Waals surface area contributed by atoms with Gasteiger partial charge in [-0.25, -0.2) is 0 Å². The van der Waals surface area contributed by atoms with Crippen LogP contribution < -0.4 is 0 Å². The van der Waals surface area contributed by atoms with Crippen LogP contribution in [0.2, 0.25) is 0 Å². The lowest BCUT2D eigenvalue weighted by molar-refractivity contribution is -0.184. The fourth-order valence-corrected chi connectivity index (χ4v) is 3.03. The number of carbonyl (C=O) groups excluding carboxylic acids is 3. The lowest BCUT2D eigenvalue weighted by Crippen LogP contribution is -2.37. The van der Waals surface area contributed by atoms with Gasteiger partial charge in [0, 0.05) is 32.1 Å². The van der Waals surface area contributed by atoms with Crippen LogP contribution in [-0.4, -0.2) is 47.3 Å². The Morgan fingerprint density at radius 1 is 1.00 bits per heavy atom. The number of halogens is 3. The molecule has 2 aromatic rings. The molecule has 0 radical (unpaired) electrons. The van der Waals surface area contributed by atoms with Gasteiger partial charge in [-0.15, -0.1) is 0 Å². The smallest absolute Gasteiger partial charge is 0.334 e. The predicted octanol–water partition coefficient (Wildman–Crippen LogP) is 3.25. The SMILES string of the molecule is CN(Cc1ccc(C#CCCN2C(=O)c3ccccc3C2=O)cc1)C(=O)C(F)(F)F. The molecule has 1 aliphatic heterocycles. The summed E-state index contributed by atoms with van der Waals surface area (Å²) < 4.78 is 37.3. The summed E-state index contributed by atoms with van der Waals surface area (Å²) in [5, 5.41) is 0. The van der Waals surface area contributed by atoms with Crippen LogP contribution in [0.3, 0.4) is 0 Å². The zero-order valence-corrected chi connectivity index (χ0v) is 16.0. The second kappa shape index (κ2) is 8.41. The molecule has 0 atom stereocenters. The van der Waals surface area contributed by atoms with Crippen molar-refractivity contribution in [3.05, 3.63) is 70.8 Å². The lowest BCUT2D eigenvalue weighted by atomic mass is 10.1. The van der Waals surface area contributed by atoms with E-state index in [2.05, 4.69) is 11.8 Å². The maximum Gasteiger partial charge on any atom is 0.471 e. The Kier molecular flexibility index (Phi) is 5.92. The van der Waals surface area contributed by atoms with Gasteiger partial charge in [0.1, 0.15) is 0 Å². The summed E-state index contributed by atoms with van der Waals surface area (Å²) in [6, 6.07) is 13.1. The van der Waals surface area contributed by atoms with Gasteiger partial charge in [0.2, 0.25) is 0 Å². The van der Waals surface area contributed by atoms with Gasteiger partial charge in [0.15, 0.2) is 0 Å². The topological polar surface area (TPSA) is 57.7 Å². The van der Waals surface area contributed by atoms with Crippen LogP contribution in [-0.2, 0) is 11.3 Å². The van der Waals surface area contributed by atoms with Crippen LogP contribution >= 0.6 is 0 Å². The Balaban J connectivity index is 1.55. The van der Waals surface area contributed by atoms with Crippen LogP contribution in [0.1, 0.15) is 38.3 Å². The molecular weight excluding hydrogens is 397 g/mol. The van der Waals surface area contributed by atoms with E-state index in [1.54, 1.807) is 48.5 Å². The molecule has 0 fully saturated rings. The minimum absolute atomic E-state index is 0.168. The number of rotatable bonds is 4. The Bertz CT molecular complexity index is 1010. The molecule has 8 heteroatoms. The Labute approximate surface area is 171 Å². The number of alkyl halides is 3.